The largest absolute Gasteiger partial charge is 0.384 e. The highest BCUT2D eigenvalue weighted by atomic mass is 35.5. The number of halogens is 1. The summed E-state index contributed by atoms with van der Waals surface area (Å²) in [5.74, 6) is 0.0178. The number of amidine groups is 1. The van der Waals surface area contributed by atoms with Crippen molar-refractivity contribution in [2.45, 2.75) is 13.8 Å². The Hall–Kier alpha value is -1.81. The van der Waals surface area contributed by atoms with E-state index < -0.39 is 0 Å². The molecule has 5 heteroatoms. The molecule has 0 aliphatic rings. The minimum absolute atomic E-state index is 0.0178. The van der Waals surface area contributed by atoms with Crippen molar-refractivity contribution < 1.29 is 0 Å². The average molecular weight is 249 g/mol. The van der Waals surface area contributed by atoms with Crippen LogP contribution in [0, 0.1) is 19.3 Å². The maximum absolute atomic E-state index is 7.56. The molecule has 0 aliphatic heterocycles. The van der Waals surface area contributed by atoms with Gasteiger partial charge in [-0.1, -0.05) is 17.7 Å². The fraction of sp³-hybridized carbons (Fsp3) is 0.167. The van der Waals surface area contributed by atoms with Crippen LogP contribution in [0.2, 0.25) is 5.02 Å². The van der Waals surface area contributed by atoms with E-state index in [0.717, 1.165) is 16.9 Å². The highest BCUT2D eigenvalue weighted by Crippen LogP contribution is 2.20. The molecular formula is C12H13ClN4. The lowest BCUT2D eigenvalue weighted by Gasteiger charge is -2.09. The molecule has 4 nitrogen and oxygen atoms in total. The van der Waals surface area contributed by atoms with Crippen LogP contribution in [0.1, 0.15) is 16.8 Å². The molecule has 1 aromatic carbocycles. The Morgan fingerprint density at radius 1 is 1.41 bits per heavy atom. The summed E-state index contributed by atoms with van der Waals surface area (Å²) in [6.07, 6.45) is 1.72. The maximum atomic E-state index is 7.56. The third-order valence-electron chi connectivity index (χ3n) is 2.53. The summed E-state index contributed by atoms with van der Waals surface area (Å²) in [5.41, 5.74) is 8.81. The molecule has 0 radical (unpaired) electrons. The van der Waals surface area contributed by atoms with E-state index in [0.29, 0.717) is 10.6 Å². The Balaban J connectivity index is 2.64. The maximum Gasteiger partial charge on any atom is 0.124 e. The quantitative estimate of drug-likeness (QED) is 0.633. The van der Waals surface area contributed by atoms with Crippen molar-refractivity contribution in [1.29, 1.82) is 5.41 Å². The fourth-order valence-corrected chi connectivity index (χ4v) is 1.75. The van der Waals surface area contributed by atoms with Crippen molar-refractivity contribution in [2.75, 3.05) is 0 Å². The molecule has 0 bridgehead atoms. The topological polar surface area (TPSA) is 67.7 Å². The minimum Gasteiger partial charge on any atom is -0.384 e. The molecule has 0 saturated heterocycles. The van der Waals surface area contributed by atoms with E-state index in [2.05, 4.69) is 5.10 Å². The summed E-state index contributed by atoms with van der Waals surface area (Å²) in [6.45, 7) is 3.81. The van der Waals surface area contributed by atoms with Crippen LogP contribution < -0.4 is 5.73 Å². The second-order valence-electron chi connectivity index (χ2n) is 3.94. The predicted octanol–water partition coefficient (Wildman–Crippen LogP) is 2.43. The fourth-order valence-electron chi connectivity index (χ4n) is 1.62. The van der Waals surface area contributed by atoms with Crippen molar-refractivity contribution in [1.82, 2.24) is 9.78 Å². The smallest absolute Gasteiger partial charge is 0.124 e. The molecule has 3 N–H and O–H groups in total. The number of aromatic nitrogens is 2. The first-order chi connectivity index (χ1) is 7.99. The Labute approximate surface area is 105 Å². The van der Waals surface area contributed by atoms with Crippen LogP contribution in [0.5, 0.6) is 0 Å². The van der Waals surface area contributed by atoms with E-state index in [9.17, 15) is 0 Å². The molecular weight excluding hydrogens is 236 g/mol. The van der Waals surface area contributed by atoms with E-state index in [1.807, 2.05) is 32.0 Å². The highest BCUT2D eigenvalue weighted by molar-refractivity contribution is 6.31. The van der Waals surface area contributed by atoms with Crippen molar-refractivity contribution in [3.05, 3.63) is 46.2 Å². The van der Waals surface area contributed by atoms with Crippen LogP contribution in [0.3, 0.4) is 0 Å². The van der Waals surface area contributed by atoms with Gasteiger partial charge in [0.1, 0.15) is 5.84 Å². The van der Waals surface area contributed by atoms with E-state index in [1.165, 1.54) is 0 Å². The van der Waals surface area contributed by atoms with Gasteiger partial charge in [-0.25, -0.2) is 4.68 Å². The Morgan fingerprint density at radius 2 is 2.12 bits per heavy atom. The van der Waals surface area contributed by atoms with Gasteiger partial charge < -0.3 is 5.73 Å². The van der Waals surface area contributed by atoms with Gasteiger partial charge in [0, 0.05) is 11.8 Å². The summed E-state index contributed by atoms with van der Waals surface area (Å²) in [5, 5.41) is 12.5. The molecule has 0 saturated carbocycles. The lowest BCUT2D eigenvalue weighted by Crippen LogP contribution is -2.15. The lowest BCUT2D eigenvalue weighted by molar-refractivity contribution is 0.859. The number of nitrogens with one attached hydrogen (secondary N) is 1. The second kappa shape index (κ2) is 4.22. The molecule has 17 heavy (non-hydrogen) atoms. The second-order valence-corrected chi connectivity index (χ2v) is 4.35. The number of hydrogen-bond donors (Lipinski definition) is 2. The predicted molar refractivity (Wildman–Crippen MR) is 69.1 cm³/mol. The van der Waals surface area contributed by atoms with Gasteiger partial charge in [-0.05, 0) is 31.5 Å². The molecule has 0 amide bonds. The van der Waals surface area contributed by atoms with Crippen molar-refractivity contribution in [2.24, 2.45) is 5.73 Å². The van der Waals surface area contributed by atoms with Crippen LogP contribution in [0.15, 0.2) is 24.4 Å². The summed E-state index contributed by atoms with van der Waals surface area (Å²) in [4.78, 5) is 0. The number of nitrogen functional groups attached to an aromatic ring is 1. The molecule has 2 aromatic rings. The van der Waals surface area contributed by atoms with Gasteiger partial charge >= 0.3 is 0 Å². The van der Waals surface area contributed by atoms with Crippen LogP contribution in [0.25, 0.3) is 5.69 Å². The zero-order valence-electron chi connectivity index (χ0n) is 9.66. The summed E-state index contributed by atoms with van der Waals surface area (Å²) in [6, 6.07) is 5.66. The van der Waals surface area contributed by atoms with Gasteiger partial charge in [0.05, 0.1) is 16.4 Å². The zero-order chi connectivity index (χ0) is 12.6. The molecule has 1 aromatic heterocycles. The van der Waals surface area contributed by atoms with Gasteiger partial charge in [0.15, 0.2) is 0 Å². The van der Waals surface area contributed by atoms with E-state index in [-0.39, 0.29) is 5.84 Å². The normalized spacial score (nSPS) is 10.5. The van der Waals surface area contributed by atoms with Gasteiger partial charge in [0.25, 0.3) is 0 Å². The number of hydrogen-bond acceptors (Lipinski definition) is 2. The average Bonchev–Trinajstić information content (AvgIpc) is 2.58. The van der Waals surface area contributed by atoms with E-state index in [1.54, 1.807) is 10.9 Å². The molecule has 1 heterocycles. The third kappa shape index (κ3) is 2.17. The van der Waals surface area contributed by atoms with Crippen LogP contribution >= 0.6 is 11.6 Å². The number of aryl methyl sites for hydroxylation is 2. The summed E-state index contributed by atoms with van der Waals surface area (Å²) in [7, 11) is 0. The SMILES string of the molecule is Cc1ccc(C(=N)N)c(-n2cc(Cl)c(C)n2)c1. The number of nitrogens with two attached hydrogens (primary N) is 1. The molecule has 0 fully saturated rings. The molecule has 0 unspecified atom stereocenters. The van der Waals surface area contributed by atoms with E-state index >= 15 is 0 Å². The first kappa shape index (κ1) is 11.7. The standard InChI is InChI=1S/C12H13ClN4/c1-7-3-4-9(12(14)15)11(5-7)17-6-10(13)8(2)16-17/h3-6H,1-2H3,(H3,14,15). The third-order valence-corrected chi connectivity index (χ3v) is 2.90. The minimum atomic E-state index is 0.0178. The highest BCUT2D eigenvalue weighted by Gasteiger charge is 2.10. The Bertz CT molecular complexity index is 567. The van der Waals surface area contributed by atoms with Crippen molar-refractivity contribution in [3.63, 3.8) is 0 Å². The molecule has 0 atom stereocenters. The lowest BCUT2D eigenvalue weighted by atomic mass is 10.1. The molecule has 0 aliphatic carbocycles. The first-order valence-corrected chi connectivity index (χ1v) is 5.54. The zero-order valence-corrected chi connectivity index (χ0v) is 10.4. The van der Waals surface area contributed by atoms with Crippen LogP contribution in [-0.4, -0.2) is 15.6 Å². The number of rotatable bonds is 2. The monoisotopic (exact) mass is 248 g/mol. The van der Waals surface area contributed by atoms with Gasteiger partial charge in [-0.2, -0.15) is 5.10 Å². The molecule has 88 valence electrons. The number of benzene rings is 1. The van der Waals surface area contributed by atoms with Gasteiger partial charge in [-0.15, -0.1) is 0 Å². The van der Waals surface area contributed by atoms with Crippen LogP contribution in [0.4, 0.5) is 0 Å². The van der Waals surface area contributed by atoms with Gasteiger partial charge in [0.2, 0.25) is 0 Å². The molecule has 0 spiro atoms. The number of nitrogens with zero attached hydrogens (tertiary/aromatic N) is 2. The summed E-state index contributed by atoms with van der Waals surface area (Å²) >= 11 is 5.98. The Kier molecular flexibility index (Phi) is 2.90. The Morgan fingerprint density at radius 3 is 2.65 bits per heavy atom. The van der Waals surface area contributed by atoms with Crippen molar-refractivity contribution in [3.8, 4) is 5.69 Å². The van der Waals surface area contributed by atoms with Gasteiger partial charge in [-0.3, -0.25) is 5.41 Å². The first-order valence-electron chi connectivity index (χ1n) is 5.16. The van der Waals surface area contributed by atoms with Crippen LogP contribution in [-0.2, 0) is 0 Å². The summed E-state index contributed by atoms with van der Waals surface area (Å²) < 4.78 is 1.65. The van der Waals surface area contributed by atoms with Crippen molar-refractivity contribution >= 4 is 17.4 Å². The molecule has 2 rings (SSSR count). The van der Waals surface area contributed by atoms with E-state index in [4.69, 9.17) is 22.7 Å².